The minimum Gasteiger partial charge on any atom is -0.491 e. The number of benzene rings is 1. The zero-order chi connectivity index (χ0) is 15.9. The molecule has 0 saturated carbocycles. The van der Waals surface area contributed by atoms with Crippen LogP contribution in [0.1, 0.15) is 26.3 Å². The van der Waals surface area contributed by atoms with Gasteiger partial charge in [-0.3, -0.25) is 4.90 Å². The molecule has 0 aliphatic heterocycles. The van der Waals surface area contributed by atoms with Crippen LogP contribution in [-0.2, 0) is 0 Å². The van der Waals surface area contributed by atoms with E-state index in [9.17, 15) is 10.2 Å². The van der Waals surface area contributed by atoms with Gasteiger partial charge >= 0.3 is 0 Å². The van der Waals surface area contributed by atoms with Crippen molar-refractivity contribution in [3.8, 4) is 11.8 Å². The zero-order valence-corrected chi connectivity index (χ0v) is 12.9. The van der Waals surface area contributed by atoms with Gasteiger partial charge in [0.05, 0.1) is 17.2 Å². The molecule has 0 saturated heterocycles. The predicted molar refractivity (Wildman–Crippen MR) is 81.1 cm³/mol. The topological polar surface area (TPSA) is 76.7 Å². The van der Waals surface area contributed by atoms with E-state index in [-0.39, 0.29) is 6.61 Å². The Hall–Kier alpha value is -1.61. The number of likely N-dealkylation sites (N-methyl/N-ethyl adjacent to an activating group) is 1. The monoisotopic (exact) mass is 292 g/mol. The largest absolute Gasteiger partial charge is 0.491 e. The van der Waals surface area contributed by atoms with Gasteiger partial charge in [0.1, 0.15) is 18.5 Å². The fraction of sp³-hybridized carbons (Fsp3) is 0.562. The summed E-state index contributed by atoms with van der Waals surface area (Å²) in [6.45, 7) is 7.28. The molecule has 1 atom stereocenters. The van der Waals surface area contributed by atoms with Crippen LogP contribution >= 0.6 is 0 Å². The molecule has 0 spiro atoms. The molecule has 5 nitrogen and oxygen atoms in total. The maximum absolute atomic E-state index is 10.0. The van der Waals surface area contributed by atoms with Crippen molar-refractivity contribution in [2.75, 3.05) is 26.2 Å². The summed E-state index contributed by atoms with van der Waals surface area (Å²) in [5.41, 5.74) is -0.267. The Balaban J connectivity index is 2.45. The fourth-order valence-electron chi connectivity index (χ4n) is 2.05. The van der Waals surface area contributed by atoms with E-state index >= 15 is 0 Å². The molecule has 0 aliphatic carbocycles. The second-order valence-corrected chi connectivity index (χ2v) is 5.74. The molecule has 5 heteroatoms. The molecular weight excluding hydrogens is 268 g/mol. The smallest absolute Gasteiger partial charge is 0.120 e. The van der Waals surface area contributed by atoms with E-state index in [0.29, 0.717) is 24.4 Å². The zero-order valence-electron chi connectivity index (χ0n) is 12.9. The molecule has 0 amide bonds. The maximum atomic E-state index is 10.0. The van der Waals surface area contributed by atoms with Gasteiger partial charge in [-0.25, -0.2) is 0 Å². The first-order valence-electron chi connectivity index (χ1n) is 7.10. The van der Waals surface area contributed by atoms with Crippen LogP contribution in [0, 0.1) is 11.3 Å². The third kappa shape index (κ3) is 7.09. The highest BCUT2D eigenvalue weighted by molar-refractivity contribution is 5.36. The molecule has 0 aromatic heterocycles. The van der Waals surface area contributed by atoms with Crippen LogP contribution in [0.3, 0.4) is 0 Å². The minimum absolute atomic E-state index is 0.150. The molecule has 0 heterocycles. The van der Waals surface area contributed by atoms with E-state index in [0.717, 1.165) is 6.54 Å². The van der Waals surface area contributed by atoms with Crippen molar-refractivity contribution in [1.82, 2.24) is 4.90 Å². The van der Waals surface area contributed by atoms with Crippen molar-refractivity contribution >= 4 is 0 Å². The Morgan fingerprint density at radius 3 is 2.71 bits per heavy atom. The Bertz CT molecular complexity index is 477. The van der Waals surface area contributed by atoms with Crippen LogP contribution in [-0.4, -0.2) is 53.1 Å². The lowest BCUT2D eigenvalue weighted by atomic mass is 10.1. The van der Waals surface area contributed by atoms with E-state index < -0.39 is 11.7 Å². The summed E-state index contributed by atoms with van der Waals surface area (Å²) in [4.78, 5) is 1.97. The van der Waals surface area contributed by atoms with Gasteiger partial charge in [-0.05, 0) is 38.6 Å². The van der Waals surface area contributed by atoms with Crippen LogP contribution in [0.2, 0.25) is 0 Å². The normalized spacial score (nSPS) is 13.0. The molecule has 0 bridgehead atoms. The molecule has 1 unspecified atom stereocenters. The summed E-state index contributed by atoms with van der Waals surface area (Å²) >= 11 is 0. The summed E-state index contributed by atoms with van der Waals surface area (Å²) in [7, 11) is 0. The van der Waals surface area contributed by atoms with Gasteiger partial charge in [-0.2, -0.15) is 5.26 Å². The summed E-state index contributed by atoms with van der Waals surface area (Å²) in [5, 5.41) is 28.6. The average molecular weight is 292 g/mol. The van der Waals surface area contributed by atoms with Crippen molar-refractivity contribution < 1.29 is 14.9 Å². The summed E-state index contributed by atoms with van der Waals surface area (Å²) in [6, 6.07) is 8.88. The molecule has 1 aromatic rings. The van der Waals surface area contributed by atoms with Crippen molar-refractivity contribution in [2.24, 2.45) is 0 Å². The van der Waals surface area contributed by atoms with Crippen molar-refractivity contribution in [3.63, 3.8) is 0 Å². The maximum Gasteiger partial charge on any atom is 0.120 e. The van der Waals surface area contributed by atoms with E-state index in [4.69, 9.17) is 10.00 Å². The quantitative estimate of drug-likeness (QED) is 0.757. The predicted octanol–water partition coefficient (Wildman–Crippen LogP) is 1.39. The Kier molecular flexibility index (Phi) is 6.63. The molecule has 21 heavy (non-hydrogen) atoms. The first-order valence-corrected chi connectivity index (χ1v) is 7.10. The minimum atomic E-state index is -0.794. The van der Waals surface area contributed by atoms with Crippen molar-refractivity contribution in [1.29, 1.82) is 5.26 Å². The van der Waals surface area contributed by atoms with Gasteiger partial charge in [0.15, 0.2) is 0 Å². The lowest BCUT2D eigenvalue weighted by Crippen LogP contribution is -2.43. The number of rotatable bonds is 8. The number of hydrogen-bond donors (Lipinski definition) is 2. The molecule has 1 rings (SSSR count). The highest BCUT2D eigenvalue weighted by Gasteiger charge is 2.19. The molecular formula is C16H24N2O3. The van der Waals surface area contributed by atoms with Gasteiger partial charge in [-0.1, -0.05) is 13.0 Å². The van der Waals surface area contributed by atoms with E-state index in [1.165, 1.54) is 0 Å². The fourth-order valence-corrected chi connectivity index (χ4v) is 2.05. The number of ether oxygens (including phenoxy) is 1. The Morgan fingerprint density at radius 2 is 2.14 bits per heavy atom. The molecule has 0 radical (unpaired) electrons. The van der Waals surface area contributed by atoms with Crippen LogP contribution in [0.15, 0.2) is 24.3 Å². The van der Waals surface area contributed by atoms with E-state index in [2.05, 4.69) is 0 Å². The highest BCUT2D eigenvalue weighted by atomic mass is 16.5. The van der Waals surface area contributed by atoms with Crippen LogP contribution in [0.25, 0.3) is 0 Å². The lowest BCUT2D eigenvalue weighted by Gasteiger charge is -2.29. The van der Waals surface area contributed by atoms with E-state index in [1.807, 2.05) is 17.9 Å². The molecule has 2 N–H and O–H groups in total. The average Bonchev–Trinajstić information content (AvgIpc) is 2.43. The van der Waals surface area contributed by atoms with Crippen LogP contribution < -0.4 is 4.74 Å². The number of aliphatic hydroxyl groups excluding tert-OH is 1. The molecule has 116 valence electrons. The second-order valence-electron chi connectivity index (χ2n) is 5.74. The number of nitriles is 1. The van der Waals surface area contributed by atoms with Gasteiger partial charge in [-0.15, -0.1) is 0 Å². The van der Waals surface area contributed by atoms with Gasteiger partial charge in [0.2, 0.25) is 0 Å². The Labute approximate surface area is 126 Å². The summed E-state index contributed by atoms with van der Waals surface area (Å²) in [5.74, 6) is 0.568. The lowest BCUT2D eigenvalue weighted by molar-refractivity contribution is 0.0115. The molecule has 0 fully saturated rings. The van der Waals surface area contributed by atoms with Gasteiger partial charge < -0.3 is 14.9 Å². The Morgan fingerprint density at radius 1 is 1.43 bits per heavy atom. The first kappa shape index (κ1) is 17.4. The van der Waals surface area contributed by atoms with Crippen LogP contribution in [0.5, 0.6) is 5.75 Å². The first-order chi connectivity index (χ1) is 9.84. The standard InChI is InChI=1S/C16H24N2O3/c1-4-18(12-16(2,3)20)10-14(19)11-21-15-7-5-6-13(8-15)9-17/h5-8,14,19-20H,4,10-12H2,1-3H3. The molecule has 0 aliphatic rings. The SMILES string of the molecule is CCN(CC(O)COc1cccc(C#N)c1)CC(C)(C)O. The highest BCUT2D eigenvalue weighted by Crippen LogP contribution is 2.13. The van der Waals surface area contributed by atoms with Crippen molar-refractivity contribution in [2.45, 2.75) is 32.5 Å². The van der Waals surface area contributed by atoms with Gasteiger partial charge in [0.25, 0.3) is 0 Å². The number of aliphatic hydroxyl groups is 2. The van der Waals surface area contributed by atoms with Gasteiger partial charge in [0, 0.05) is 13.1 Å². The second kappa shape index (κ2) is 7.99. The van der Waals surface area contributed by atoms with Crippen molar-refractivity contribution in [3.05, 3.63) is 29.8 Å². The third-order valence-electron chi connectivity index (χ3n) is 2.93. The van der Waals surface area contributed by atoms with Crippen LogP contribution in [0.4, 0.5) is 0 Å². The summed E-state index contributed by atoms with van der Waals surface area (Å²) in [6.07, 6.45) is -0.655. The summed E-state index contributed by atoms with van der Waals surface area (Å²) < 4.78 is 5.50. The van der Waals surface area contributed by atoms with E-state index in [1.54, 1.807) is 38.1 Å². The number of nitrogens with zero attached hydrogens (tertiary/aromatic N) is 2. The molecule has 1 aromatic carbocycles. The third-order valence-corrected chi connectivity index (χ3v) is 2.93. The number of hydrogen-bond acceptors (Lipinski definition) is 5.